The Morgan fingerprint density at radius 2 is 2.09 bits per heavy atom. The van der Waals surface area contributed by atoms with Gasteiger partial charge < -0.3 is 13.8 Å². The van der Waals surface area contributed by atoms with E-state index in [-0.39, 0.29) is 6.10 Å². The normalized spacial score (nSPS) is 19.4. The number of hydrogen-bond acceptors (Lipinski definition) is 4. The van der Waals surface area contributed by atoms with Crippen LogP contribution >= 0.6 is 11.9 Å². The van der Waals surface area contributed by atoms with Crippen LogP contribution in [0.1, 0.15) is 12.8 Å². The average Bonchev–Trinajstić information content (AvgIpc) is 2.06. The molecule has 5 heteroatoms. The largest absolute Gasteiger partial charge is 0.527 e. The number of ether oxygens (including phenoxy) is 2. The smallest absolute Gasteiger partial charge is 0.430 e. The molecule has 1 rings (SSSR count). The maximum Gasteiger partial charge on any atom is 0.527 e. The first-order chi connectivity index (χ1) is 5.33. The van der Waals surface area contributed by atoms with E-state index in [0.29, 0.717) is 26.1 Å². The average molecular weight is 181 g/mol. The van der Waals surface area contributed by atoms with Crippen LogP contribution in [-0.2, 0) is 13.8 Å². The first-order valence-corrected chi connectivity index (χ1v) is 3.70. The van der Waals surface area contributed by atoms with E-state index in [0.717, 1.165) is 0 Å². The van der Waals surface area contributed by atoms with E-state index in [1.54, 1.807) is 0 Å². The molecule has 4 nitrogen and oxygen atoms in total. The lowest BCUT2D eigenvalue weighted by molar-refractivity contribution is -0.0119. The summed E-state index contributed by atoms with van der Waals surface area (Å²) in [5.74, 6) is 0. The zero-order valence-electron chi connectivity index (χ0n) is 5.92. The lowest BCUT2D eigenvalue weighted by Gasteiger charge is -2.20. The lowest BCUT2D eigenvalue weighted by Crippen LogP contribution is -2.25. The molecule has 0 amide bonds. The Morgan fingerprint density at radius 3 is 2.64 bits per heavy atom. The zero-order valence-corrected chi connectivity index (χ0v) is 6.67. The Hall–Kier alpha value is -0.480. The maximum atomic E-state index is 10.5. The quantitative estimate of drug-likeness (QED) is 0.574. The minimum atomic E-state index is -0.835. The van der Waals surface area contributed by atoms with Crippen molar-refractivity contribution in [2.75, 3.05) is 13.2 Å². The standard InChI is InChI=1S/C6H9ClO4/c7-11-6(8)10-5-1-3-9-4-2-5/h5H,1-4H2. The predicted octanol–water partition coefficient (Wildman–Crippen LogP) is 1.47. The van der Waals surface area contributed by atoms with Crippen LogP contribution in [-0.4, -0.2) is 25.5 Å². The van der Waals surface area contributed by atoms with E-state index < -0.39 is 6.16 Å². The molecule has 1 fully saturated rings. The van der Waals surface area contributed by atoms with Crippen LogP contribution in [0.3, 0.4) is 0 Å². The third kappa shape index (κ3) is 2.95. The SMILES string of the molecule is O=C(OCl)OC1CCOCC1. The molecule has 0 bridgehead atoms. The fourth-order valence-corrected chi connectivity index (χ4v) is 0.984. The molecule has 0 spiro atoms. The Kier molecular flexibility index (Phi) is 3.45. The highest BCUT2D eigenvalue weighted by molar-refractivity contribution is 6.12. The number of halogens is 1. The van der Waals surface area contributed by atoms with Crippen molar-refractivity contribution in [1.29, 1.82) is 0 Å². The van der Waals surface area contributed by atoms with E-state index in [1.807, 2.05) is 0 Å². The van der Waals surface area contributed by atoms with Gasteiger partial charge in [-0.2, -0.15) is 0 Å². The zero-order chi connectivity index (χ0) is 8.10. The van der Waals surface area contributed by atoms with Crippen molar-refractivity contribution in [3.05, 3.63) is 0 Å². The van der Waals surface area contributed by atoms with Gasteiger partial charge in [0, 0.05) is 12.8 Å². The minimum absolute atomic E-state index is 0.102. The second-order valence-electron chi connectivity index (χ2n) is 2.26. The number of hydrogen-bond donors (Lipinski definition) is 0. The lowest BCUT2D eigenvalue weighted by atomic mass is 10.2. The van der Waals surface area contributed by atoms with Gasteiger partial charge in [0.25, 0.3) is 0 Å². The topological polar surface area (TPSA) is 44.8 Å². The molecule has 0 aromatic carbocycles. The van der Waals surface area contributed by atoms with E-state index in [9.17, 15) is 4.79 Å². The minimum Gasteiger partial charge on any atom is -0.430 e. The molecule has 0 N–H and O–H groups in total. The Morgan fingerprint density at radius 1 is 1.45 bits per heavy atom. The van der Waals surface area contributed by atoms with Gasteiger partial charge in [-0.3, -0.25) is 0 Å². The molecule has 0 saturated carbocycles. The molecule has 1 aliphatic heterocycles. The predicted molar refractivity (Wildman–Crippen MR) is 37.3 cm³/mol. The highest BCUT2D eigenvalue weighted by Gasteiger charge is 2.18. The van der Waals surface area contributed by atoms with Crippen molar-refractivity contribution in [1.82, 2.24) is 0 Å². The van der Waals surface area contributed by atoms with E-state index in [1.165, 1.54) is 0 Å². The summed E-state index contributed by atoms with van der Waals surface area (Å²) in [5, 5.41) is 0. The molecule has 0 aliphatic carbocycles. The monoisotopic (exact) mass is 180 g/mol. The van der Waals surface area contributed by atoms with Gasteiger partial charge in [0.1, 0.15) is 18.0 Å². The molecule has 0 unspecified atom stereocenters. The molecule has 1 aliphatic rings. The first-order valence-electron chi connectivity index (χ1n) is 3.40. The summed E-state index contributed by atoms with van der Waals surface area (Å²) in [7, 11) is 0. The van der Waals surface area contributed by atoms with Gasteiger partial charge in [0.05, 0.1) is 13.2 Å². The van der Waals surface area contributed by atoms with Crippen LogP contribution < -0.4 is 0 Å². The fourth-order valence-electron chi connectivity index (χ4n) is 0.948. The van der Waals surface area contributed by atoms with Gasteiger partial charge in [-0.15, -0.1) is 0 Å². The highest BCUT2D eigenvalue weighted by atomic mass is 35.5. The summed E-state index contributed by atoms with van der Waals surface area (Å²) < 4.78 is 13.6. The van der Waals surface area contributed by atoms with Crippen LogP contribution in [0.4, 0.5) is 4.79 Å². The van der Waals surface area contributed by atoms with Gasteiger partial charge in [-0.25, -0.2) is 4.79 Å². The number of carbonyl (C=O) groups excluding carboxylic acids is 1. The Balaban J connectivity index is 2.19. The van der Waals surface area contributed by atoms with Crippen LogP contribution in [0.25, 0.3) is 0 Å². The third-order valence-corrected chi connectivity index (χ3v) is 1.62. The molecule has 64 valence electrons. The summed E-state index contributed by atoms with van der Waals surface area (Å²) in [5.41, 5.74) is 0. The molecule has 11 heavy (non-hydrogen) atoms. The number of rotatable bonds is 1. The van der Waals surface area contributed by atoms with Gasteiger partial charge in [0.15, 0.2) is 0 Å². The molecule has 1 saturated heterocycles. The van der Waals surface area contributed by atoms with Crippen molar-refractivity contribution in [2.24, 2.45) is 0 Å². The molecule has 1 heterocycles. The van der Waals surface area contributed by atoms with Crippen molar-refractivity contribution in [2.45, 2.75) is 18.9 Å². The van der Waals surface area contributed by atoms with Gasteiger partial charge in [-0.1, -0.05) is 0 Å². The van der Waals surface area contributed by atoms with Gasteiger partial charge >= 0.3 is 6.16 Å². The van der Waals surface area contributed by atoms with Crippen LogP contribution in [0.2, 0.25) is 0 Å². The Labute approximate surface area is 69.5 Å². The molecule has 0 radical (unpaired) electrons. The van der Waals surface area contributed by atoms with E-state index >= 15 is 0 Å². The first kappa shape index (κ1) is 8.62. The van der Waals surface area contributed by atoms with E-state index in [2.05, 4.69) is 4.29 Å². The molecular formula is C6H9ClO4. The molecule has 0 atom stereocenters. The van der Waals surface area contributed by atoms with Crippen LogP contribution in [0, 0.1) is 0 Å². The maximum absolute atomic E-state index is 10.5. The van der Waals surface area contributed by atoms with Crippen molar-refractivity contribution < 1.29 is 18.6 Å². The van der Waals surface area contributed by atoms with E-state index in [4.69, 9.17) is 21.3 Å². The van der Waals surface area contributed by atoms with Gasteiger partial charge in [-0.05, 0) is 0 Å². The molecule has 0 aromatic heterocycles. The number of carbonyl (C=O) groups is 1. The summed E-state index contributed by atoms with van der Waals surface area (Å²) in [6.07, 6.45) is 0.492. The Bertz CT molecular complexity index is 133. The summed E-state index contributed by atoms with van der Waals surface area (Å²) >= 11 is 4.77. The summed E-state index contributed by atoms with van der Waals surface area (Å²) in [4.78, 5) is 10.5. The van der Waals surface area contributed by atoms with Gasteiger partial charge in [0.2, 0.25) is 0 Å². The third-order valence-electron chi connectivity index (χ3n) is 1.49. The van der Waals surface area contributed by atoms with Crippen molar-refractivity contribution in [3.63, 3.8) is 0 Å². The summed E-state index contributed by atoms with van der Waals surface area (Å²) in [6.45, 7) is 1.25. The van der Waals surface area contributed by atoms with Crippen LogP contribution in [0.15, 0.2) is 0 Å². The second-order valence-corrected chi connectivity index (χ2v) is 2.41. The van der Waals surface area contributed by atoms with Crippen LogP contribution in [0.5, 0.6) is 0 Å². The highest BCUT2D eigenvalue weighted by Crippen LogP contribution is 2.11. The summed E-state index contributed by atoms with van der Waals surface area (Å²) in [6, 6.07) is 0. The van der Waals surface area contributed by atoms with Crippen molar-refractivity contribution in [3.8, 4) is 0 Å². The van der Waals surface area contributed by atoms with Crippen molar-refractivity contribution >= 4 is 18.0 Å². The second kappa shape index (κ2) is 4.41. The fraction of sp³-hybridized carbons (Fsp3) is 0.833. The molecular weight excluding hydrogens is 172 g/mol. The molecule has 0 aromatic rings.